The molecule has 2 aliphatic heterocycles. The lowest BCUT2D eigenvalue weighted by Gasteiger charge is -2.47. The van der Waals surface area contributed by atoms with Gasteiger partial charge in [0.1, 0.15) is 0 Å². The number of rotatable bonds is 2. The summed E-state index contributed by atoms with van der Waals surface area (Å²) in [4.78, 5) is 2.43. The zero-order valence-electron chi connectivity index (χ0n) is 7.10. The maximum atomic E-state index is 5.38. The zero-order chi connectivity index (χ0) is 7.73. The van der Waals surface area contributed by atoms with Crippen molar-refractivity contribution in [3.05, 3.63) is 0 Å². The van der Waals surface area contributed by atoms with Crippen molar-refractivity contribution in [2.24, 2.45) is 5.41 Å². The van der Waals surface area contributed by atoms with E-state index in [0.717, 1.165) is 19.9 Å². The van der Waals surface area contributed by atoms with Gasteiger partial charge in [0.25, 0.3) is 0 Å². The van der Waals surface area contributed by atoms with E-state index in [4.69, 9.17) is 4.74 Å². The monoisotopic (exact) mass is 156 g/mol. The van der Waals surface area contributed by atoms with Crippen LogP contribution in [0.15, 0.2) is 0 Å². The highest BCUT2D eigenvalue weighted by molar-refractivity contribution is 4.96. The third kappa shape index (κ3) is 1.28. The summed E-state index contributed by atoms with van der Waals surface area (Å²) in [5.74, 6) is 0. The summed E-state index contributed by atoms with van der Waals surface area (Å²) in [6.45, 7) is 5.46. The molecule has 0 aliphatic carbocycles. The molecule has 64 valence electrons. The van der Waals surface area contributed by atoms with Crippen molar-refractivity contribution in [3.63, 3.8) is 0 Å². The number of likely N-dealkylation sites (tertiary alicyclic amines) is 1. The van der Waals surface area contributed by atoms with E-state index < -0.39 is 0 Å². The Labute approximate surface area is 67.7 Å². The lowest BCUT2D eigenvalue weighted by molar-refractivity contribution is -0.0102. The fourth-order valence-corrected chi connectivity index (χ4v) is 2.14. The summed E-state index contributed by atoms with van der Waals surface area (Å²) in [6, 6.07) is 0. The predicted octanol–water partition coefficient (Wildman–Crippen LogP) is -0.114. The van der Waals surface area contributed by atoms with Crippen LogP contribution < -0.4 is 5.32 Å². The van der Waals surface area contributed by atoms with Crippen LogP contribution in [0.5, 0.6) is 0 Å². The van der Waals surface area contributed by atoms with E-state index in [-0.39, 0.29) is 0 Å². The van der Waals surface area contributed by atoms with Gasteiger partial charge in [-0.1, -0.05) is 0 Å². The molecule has 3 heteroatoms. The molecule has 0 aromatic heterocycles. The quantitative estimate of drug-likeness (QED) is 0.603. The van der Waals surface area contributed by atoms with Gasteiger partial charge in [-0.15, -0.1) is 0 Å². The summed E-state index contributed by atoms with van der Waals surface area (Å²) < 4.78 is 5.38. The SMILES string of the molecule is CNCN1CC2(CCOC2)C1. The van der Waals surface area contributed by atoms with E-state index in [1.54, 1.807) is 0 Å². The molecule has 2 saturated heterocycles. The highest BCUT2D eigenvalue weighted by Gasteiger charge is 2.45. The minimum Gasteiger partial charge on any atom is -0.381 e. The molecule has 1 N–H and O–H groups in total. The molecule has 0 radical (unpaired) electrons. The average Bonchev–Trinajstić information content (AvgIpc) is 2.35. The van der Waals surface area contributed by atoms with Crippen LogP contribution in [0.4, 0.5) is 0 Å². The first-order chi connectivity index (χ1) is 5.35. The molecule has 0 saturated carbocycles. The first kappa shape index (κ1) is 7.53. The third-order valence-electron chi connectivity index (χ3n) is 2.68. The average molecular weight is 156 g/mol. The first-order valence-electron chi connectivity index (χ1n) is 4.29. The van der Waals surface area contributed by atoms with Crippen LogP contribution in [0.2, 0.25) is 0 Å². The molecule has 0 bridgehead atoms. The van der Waals surface area contributed by atoms with Gasteiger partial charge < -0.3 is 10.1 Å². The molecule has 1 spiro atoms. The summed E-state index contributed by atoms with van der Waals surface area (Å²) >= 11 is 0. The predicted molar refractivity (Wildman–Crippen MR) is 43.4 cm³/mol. The Morgan fingerprint density at radius 2 is 2.36 bits per heavy atom. The van der Waals surface area contributed by atoms with E-state index in [1.807, 2.05) is 7.05 Å². The Balaban J connectivity index is 1.77. The smallest absolute Gasteiger partial charge is 0.0547 e. The third-order valence-corrected chi connectivity index (χ3v) is 2.68. The van der Waals surface area contributed by atoms with E-state index in [9.17, 15) is 0 Å². The lowest BCUT2D eigenvalue weighted by Crippen LogP contribution is -2.58. The Hall–Kier alpha value is -0.120. The number of hydrogen-bond donors (Lipinski definition) is 1. The second kappa shape index (κ2) is 2.73. The van der Waals surface area contributed by atoms with Gasteiger partial charge >= 0.3 is 0 Å². The van der Waals surface area contributed by atoms with Crippen molar-refractivity contribution >= 4 is 0 Å². The van der Waals surface area contributed by atoms with Crippen LogP contribution in [-0.4, -0.2) is 44.9 Å². The van der Waals surface area contributed by atoms with E-state index in [1.165, 1.54) is 19.5 Å². The van der Waals surface area contributed by atoms with Gasteiger partial charge in [-0.25, -0.2) is 0 Å². The molecule has 2 rings (SSSR count). The molecular formula is C8H16N2O. The van der Waals surface area contributed by atoms with Crippen LogP contribution in [0.3, 0.4) is 0 Å². The van der Waals surface area contributed by atoms with Crippen molar-refractivity contribution in [3.8, 4) is 0 Å². The highest BCUT2D eigenvalue weighted by atomic mass is 16.5. The second-order valence-electron chi connectivity index (χ2n) is 3.80. The van der Waals surface area contributed by atoms with E-state index in [0.29, 0.717) is 5.41 Å². The minimum absolute atomic E-state index is 0.552. The van der Waals surface area contributed by atoms with Crippen LogP contribution >= 0.6 is 0 Å². The van der Waals surface area contributed by atoms with E-state index >= 15 is 0 Å². The lowest BCUT2D eigenvalue weighted by atomic mass is 9.80. The van der Waals surface area contributed by atoms with Crippen molar-refractivity contribution in [1.29, 1.82) is 0 Å². The normalized spacial score (nSPS) is 29.2. The summed E-state index contributed by atoms with van der Waals surface area (Å²) in [6.07, 6.45) is 1.27. The molecule has 0 aromatic carbocycles. The number of nitrogens with zero attached hydrogens (tertiary/aromatic N) is 1. The Bertz CT molecular complexity index is 135. The van der Waals surface area contributed by atoms with Gasteiger partial charge in [0.15, 0.2) is 0 Å². The largest absolute Gasteiger partial charge is 0.381 e. The molecule has 2 heterocycles. The van der Waals surface area contributed by atoms with Crippen LogP contribution in [0, 0.1) is 5.41 Å². The number of nitrogens with one attached hydrogen (secondary N) is 1. The zero-order valence-corrected chi connectivity index (χ0v) is 7.10. The van der Waals surface area contributed by atoms with Crippen LogP contribution in [0.1, 0.15) is 6.42 Å². The fourth-order valence-electron chi connectivity index (χ4n) is 2.14. The van der Waals surface area contributed by atoms with Crippen LogP contribution in [-0.2, 0) is 4.74 Å². The van der Waals surface area contributed by atoms with Gasteiger partial charge in [-0.3, -0.25) is 4.90 Å². The van der Waals surface area contributed by atoms with Crippen LogP contribution in [0.25, 0.3) is 0 Å². The standard InChI is InChI=1S/C8H16N2O/c1-9-7-10-4-8(5-10)2-3-11-6-8/h9H,2-7H2,1H3. The van der Waals surface area contributed by atoms with Gasteiger partial charge in [0.2, 0.25) is 0 Å². The maximum absolute atomic E-state index is 5.38. The van der Waals surface area contributed by atoms with Gasteiger partial charge in [-0.2, -0.15) is 0 Å². The summed E-state index contributed by atoms with van der Waals surface area (Å²) in [7, 11) is 2.00. The van der Waals surface area contributed by atoms with Crippen molar-refractivity contribution < 1.29 is 4.74 Å². The van der Waals surface area contributed by atoms with Gasteiger partial charge in [-0.05, 0) is 13.5 Å². The Morgan fingerprint density at radius 1 is 1.55 bits per heavy atom. The number of ether oxygens (including phenoxy) is 1. The molecule has 2 fully saturated rings. The molecule has 0 atom stereocenters. The summed E-state index contributed by atoms with van der Waals surface area (Å²) in [5, 5.41) is 3.16. The highest BCUT2D eigenvalue weighted by Crippen LogP contribution is 2.37. The number of hydrogen-bond acceptors (Lipinski definition) is 3. The molecular weight excluding hydrogens is 140 g/mol. The second-order valence-corrected chi connectivity index (χ2v) is 3.80. The van der Waals surface area contributed by atoms with Gasteiger partial charge in [0, 0.05) is 31.8 Å². The van der Waals surface area contributed by atoms with Crippen molar-refractivity contribution in [2.45, 2.75) is 6.42 Å². The molecule has 2 aliphatic rings. The van der Waals surface area contributed by atoms with Gasteiger partial charge in [0.05, 0.1) is 6.61 Å². The topological polar surface area (TPSA) is 24.5 Å². The Morgan fingerprint density at radius 3 is 2.91 bits per heavy atom. The van der Waals surface area contributed by atoms with Crippen molar-refractivity contribution in [1.82, 2.24) is 10.2 Å². The molecule has 0 unspecified atom stereocenters. The molecule has 3 nitrogen and oxygen atoms in total. The van der Waals surface area contributed by atoms with E-state index in [2.05, 4.69) is 10.2 Å². The Kier molecular flexibility index (Phi) is 1.87. The van der Waals surface area contributed by atoms with Crippen molar-refractivity contribution in [2.75, 3.05) is 40.0 Å². The first-order valence-corrected chi connectivity index (χ1v) is 4.29. The molecule has 11 heavy (non-hydrogen) atoms. The summed E-state index contributed by atoms with van der Waals surface area (Å²) in [5.41, 5.74) is 0.552. The maximum Gasteiger partial charge on any atom is 0.0547 e. The fraction of sp³-hybridized carbons (Fsp3) is 1.00. The minimum atomic E-state index is 0.552. The molecule has 0 amide bonds. The molecule has 0 aromatic rings.